The number of Topliss-reactive ketones (excluding diaryl/α,β-unsaturated/α-hetero) is 1. The maximum absolute atomic E-state index is 12.6. The monoisotopic (exact) mass is 348 g/mol. The molecule has 1 aromatic rings. The Morgan fingerprint density at radius 3 is 2.22 bits per heavy atom. The van der Waals surface area contributed by atoms with Crippen LogP contribution in [0.15, 0.2) is 12.1 Å². The molecular formula is C15H15F3O4S. The number of ketones is 1. The van der Waals surface area contributed by atoms with Crippen molar-refractivity contribution in [2.75, 3.05) is 0 Å². The van der Waals surface area contributed by atoms with Crippen molar-refractivity contribution < 1.29 is 30.6 Å². The minimum Gasteiger partial charge on any atom is -0.376 e. The number of hydrogen-bond donors (Lipinski definition) is 0. The molecule has 0 saturated heterocycles. The summed E-state index contributed by atoms with van der Waals surface area (Å²) in [5.41, 5.74) is -4.05. The molecule has 1 aromatic carbocycles. The van der Waals surface area contributed by atoms with Gasteiger partial charge in [0.2, 0.25) is 0 Å². The van der Waals surface area contributed by atoms with Gasteiger partial charge in [0.1, 0.15) is 5.75 Å². The molecule has 126 valence electrons. The van der Waals surface area contributed by atoms with Crippen molar-refractivity contribution in [2.45, 2.75) is 50.0 Å². The molecule has 0 amide bonds. The van der Waals surface area contributed by atoms with Crippen LogP contribution in [0.2, 0.25) is 0 Å². The zero-order valence-electron chi connectivity index (χ0n) is 12.3. The molecule has 1 fully saturated rings. The number of benzene rings is 1. The molecule has 23 heavy (non-hydrogen) atoms. The lowest BCUT2D eigenvalue weighted by atomic mass is 9.66. The van der Waals surface area contributed by atoms with Crippen LogP contribution in [-0.2, 0) is 10.1 Å². The van der Waals surface area contributed by atoms with Crippen molar-refractivity contribution in [2.24, 2.45) is 0 Å². The Bertz CT molecular complexity index is 760. The van der Waals surface area contributed by atoms with Gasteiger partial charge < -0.3 is 4.18 Å². The van der Waals surface area contributed by atoms with Gasteiger partial charge in [-0.2, -0.15) is 21.6 Å². The quantitative estimate of drug-likeness (QED) is 0.473. The van der Waals surface area contributed by atoms with Crippen LogP contribution >= 0.6 is 0 Å². The Morgan fingerprint density at radius 1 is 1.13 bits per heavy atom. The van der Waals surface area contributed by atoms with E-state index in [0.29, 0.717) is 5.56 Å². The highest BCUT2D eigenvalue weighted by atomic mass is 32.2. The largest absolute Gasteiger partial charge is 0.534 e. The van der Waals surface area contributed by atoms with E-state index in [2.05, 4.69) is 4.18 Å². The Balaban J connectivity index is 2.15. The second-order valence-electron chi connectivity index (χ2n) is 6.07. The van der Waals surface area contributed by atoms with Gasteiger partial charge >= 0.3 is 15.6 Å². The summed E-state index contributed by atoms with van der Waals surface area (Å²) in [6, 6.07) is 2.78. The average Bonchev–Trinajstić information content (AvgIpc) is 2.46. The lowest BCUT2D eigenvalue weighted by Gasteiger charge is -2.39. The van der Waals surface area contributed by atoms with Crippen molar-refractivity contribution in [3.63, 3.8) is 0 Å². The van der Waals surface area contributed by atoms with Gasteiger partial charge in [0.15, 0.2) is 5.78 Å². The van der Waals surface area contributed by atoms with Crippen LogP contribution in [0.4, 0.5) is 13.2 Å². The van der Waals surface area contributed by atoms with E-state index in [1.165, 1.54) is 6.92 Å². The predicted molar refractivity (Wildman–Crippen MR) is 76.0 cm³/mol. The summed E-state index contributed by atoms with van der Waals surface area (Å²) in [5, 5.41) is 0. The number of carbonyl (C=O) groups excluding carboxylic acids is 1. The summed E-state index contributed by atoms with van der Waals surface area (Å²) < 4.78 is 65.0. The first-order valence-corrected chi connectivity index (χ1v) is 8.70. The third-order valence-electron chi connectivity index (χ3n) is 4.64. The number of rotatable bonds is 3. The van der Waals surface area contributed by atoms with E-state index >= 15 is 0 Å². The van der Waals surface area contributed by atoms with Gasteiger partial charge in [0, 0.05) is 11.1 Å². The molecule has 4 rings (SSSR count). The van der Waals surface area contributed by atoms with Gasteiger partial charge in [-0.15, -0.1) is 0 Å². The molecule has 3 aliphatic rings. The van der Waals surface area contributed by atoms with Crippen LogP contribution in [0.25, 0.3) is 0 Å². The van der Waals surface area contributed by atoms with Crippen LogP contribution < -0.4 is 4.18 Å². The van der Waals surface area contributed by atoms with Crippen LogP contribution in [0.3, 0.4) is 0 Å². The molecule has 1 saturated carbocycles. The predicted octanol–water partition coefficient (Wildman–Crippen LogP) is 3.87. The molecule has 0 heterocycles. The molecule has 0 aliphatic heterocycles. The lowest BCUT2D eigenvalue weighted by Crippen LogP contribution is -2.30. The van der Waals surface area contributed by atoms with Gasteiger partial charge in [0.25, 0.3) is 0 Å². The maximum Gasteiger partial charge on any atom is 0.534 e. The number of halogens is 3. The van der Waals surface area contributed by atoms with Gasteiger partial charge in [-0.25, -0.2) is 0 Å². The molecular weight excluding hydrogens is 333 g/mol. The van der Waals surface area contributed by atoms with Gasteiger partial charge in [-0.3, -0.25) is 4.79 Å². The maximum atomic E-state index is 12.6. The third kappa shape index (κ3) is 2.73. The zero-order chi connectivity index (χ0) is 17.0. The normalized spacial score (nSPS) is 23.5. The summed E-state index contributed by atoms with van der Waals surface area (Å²) in [4.78, 5) is 11.6. The fourth-order valence-electron chi connectivity index (χ4n) is 3.55. The van der Waals surface area contributed by atoms with Gasteiger partial charge in [-0.1, -0.05) is 0 Å². The highest BCUT2D eigenvalue weighted by Gasteiger charge is 2.49. The molecule has 0 radical (unpaired) electrons. The minimum atomic E-state index is -5.75. The van der Waals surface area contributed by atoms with Crippen LogP contribution in [0.1, 0.15) is 65.9 Å². The van der Waals surface area contributed by atoms with E-state index < -0.39 is 15.6 Å². The summed E-state index contributed by atoms with van der Waals surface area (Å²) in [6.45, 7) is 1.28. The van der Waals surface area contributed by atoms with E-state index in [-0.39, 0.29) is 28.9 Å². The summed E-state index contributed by atoms with van der Waals surface area (Å²) in [5.74, 6) is -0.567. The van der Waals surface area contributed by atoms with Crippen molar-refractivity contribution in [1.82, 2.24) is 0 Å². The minimum absolute atomic E-state index is 0.0190. The van der Waals surface area contributed by atoms with E-state index in [9.17, 15) is 26.4 Å². The molecule has 0 spiro atoms. The summed E-state index contributed by atoms with van der Waals surface area (Å²) in [7, 11) is -5.75. The number of hydrogen-bond acceptors (Lipinski definition) is 4. The van der Waals surface area contributed by atoms with Gasteiger partial charge in [0.05, 0.1) is 0 Å². The first-order valence-electron chi connectivity index (χ1n) is 7.29. The van der Waals surface area contributed by atoms with E-state index in [1.54, 1.807) is 6.07 Å². The van der Waals surface area contributed by atoms with Crippen LogP contribution in [0, 0.1) is 0 Å². The Hall–Kier alpha value is -1.57. The fraction of sp³-hybridized carbons (Fsp3) is 0.533. The molecule has 0 aromatic heterocycles. The molecule has 4 nitrogen and oxygen atoms in total. The van der Waals surface area contributed by atoms with Crippen molar-refractivity contribution in [3.05, 3.63) is 28.8 Å². The number of alkyl halides is 3. The molecule has 0 unspecified atom stereocenters. The topological polar surface area (TPSA) is 60.4 Å². The lowest BCUT2D eigenvalue weighted by molar-refractivity contribution is -0.0500. The second-order valence-corrected chi connectivity index (χ2v) is 7.60. The van der Waals surface area contributed by atoms with E-state index in [0.717, 1.165) is 37.3 Å². The second kappa shape index (κ2) is 5.22. The summed E-state index contributed by atoms with van der Waals surface area (Å²) in [6.07, 6.45) is 3.37. The average molecular weight is 348 g/mol. The first-order chi connectivity index (χ1) is 10.6. The first kappa shape index (κ1) is 16.3. The Morgan fingerprint density at radius 2 is 1.70 bits per heavy atom. The van der Waals surface area contributed by atoms with Crippen LogP contribution in [0.5, 0.6) is 5.75 Å². The standard InChI is InChI=1S/C15H15F3O4S/c1-8(19)11-6-12-9-2-4-10(5-3-9)14(12)13(7-11)22-23(20,21)15(16,17)18/h6-7,9-10H,2-5H2,1H3. The number of carbonyl (C=O) groups is 1. The zero-order valence-corrected chi connectivity index (χ0v) is 13.1. The Kier molecular flexibility index (Phi) is 3.70. The highest BCUT2D eigenvalue weighted by Crippen LogP contribution is 2.53. The van der Waals surface area contributed by atoms with Crippen molar-refractivity contribution in [1.29, 1.82) is 0 Å². The summed E-state index contributed by atoms with van der Waals surface area (Å²) >= 11 is 0. The molecule has 8 heteroatoms. The SMILES string of the molecule is CC(=O)c1cc(OS(=O)(=O)C(F)(F)F)c2c(c1)C1CCC2CC1. The van der Waals surface area contributed by atoms with E-state index in [4.69, 9.17) is 0 Å². The molecule has 3 aliphatic carbocycles. The Labute approximate surface area is 131 Å². The third-order valence-corrected chi connectivity index (χ3v) is 5.60. The number of fused-ring (bicyclic) bond motifs is 2. The van der Waals surface area contributed by atoms with Crippen molar-refractivity contribution in [3.8, 4) is 5.75 Å². The van der Waals surface area contributed by atoms with Crippen molar-refractivity contribution >= 4 is 15.9 Å². The molecule has 2 bridgehead atoms. The van der Waals surface area contributed by atoms with Crippen LogP contribution in [-0.4, -0.2) is 19.7 Å². The fourth-order valence-corrected chi connectivity index (χ4v) is 4.02. The molecule has 0 N–H and O–H groups in total. The van der Waals surface area contributed by atoms with Gasteiger partial charge in [-0.05, 0) is 62.1 Å². The smallest absolute Gasteiger partial charge is 0.376 e. The van der Waals surface area contributed by atoms with E-state index in [1.807, 2.05) is 0 Å². The highest BCUT2D eigenvalue weighted by molar-refractivity contribution is 7.88. The molecule has 0 atom stereocenters.